The number of aromatic amines is 1. The molecule has 2 fully saturated rings. The van der Waals surface area contributed by atoms with Crippen LogP contribution < -0.4 is 20.1 Å². The number of methoxy groups -OCH3 is 2. The van der Waals surface area contributed by atoms with E-state index in [9.17, 15) is 19.2 Å². The van der Waals surface area contributed by atoms with Crippen molar-refractivity contribution < 1.29 is 38.1 Å². The number of aliphatic imine (C=N–C) groups is 1. The zero-order valence-corrected chi connectivity index (χ0v) is 37.6. The Balaban J connectivity index is 0.878. The monoisotopic (exact) mass is 929 g/mol. The molecular formula is C49H45Cl2N7O8. The van der Waals surface area contributed by atoms with Crippen LogP contribution in [0, 0.1) is 0 Å². The molecular weight excluding hydrogens is 885 g/mol. The van der Waals surface area contributed by atoms with Crippen molar-refractivity contribution in [1.29, 1.82) is 0 Å². The van der Waals surface area contributed by atoms with Gasteiger partial charge in [-0.25, -0.2) is 19.6 Å². The Bertz CT molecular complexity index is 2780. The molecule has 5 aliphatic heterocycles. The van der Waals surface area contributed by atoms with E-state index < -0.39 is 30.3 Å². The topological polar surface area (TPSA) is 177 Å². The van der Waals surface area contributed by atoms with Gasteiger partial charge in [-0.15, -0.1) is 0 Å². The fraction of sp³-hybridized carbons (Fsp3) is 0.306. The van der Waals surface area contributed by atoms with Crippen LogP contribution in [0.1, 0.15) is 83.9 Å². The van der Waals surface area contributed by atoms with Crippen LogP contribution in [0.3, 0.4) is 0 Å². The van der Waals surface area contributed by atoms with Crippen LogP contribution in [0.25, 0.3) is 28.0 Å². The van der Waals surface area contributed by atoms with E-state index in [-0.39, 0.29) is 31.1 Å². The van der Waals surface area contributed by atoms with Gasteiger partial charge in [-0.05, 0) is 66.6 Å². The molecule has 0 radical (unpaired) electrons. The van der Waals surface area contributed by atoms with E-state index >= 15 is 0 Å². The van der Waals surface area contributed by atoms with Gasteiger partial charge in [0, 0.05) is 58.6 Å². The van der Waals surface area contributed by atoms with E-state index in [1.807, 2.05) is 54.6 Å². The third-order valence-corrected chi connectivity index (χ3v) is 13.5. The quantitative estimate of drug-likeness (QED) is 0.116. The maximum atomic E-state index is 14.1. The van der Waals surface area contributed by atoms with Gasteiger partial charge in [-0.2, -0.15) is 0 Å². The molecule has 5 aromatic rings. The number of hydrogen-bond acceptors (Lipinski definition) is 10. The number of imidazole rings is 1. The Morgan fingerprint density at radius 3 is 1.80 bits per heavy atom. The number of halogens is 2. The molecule has 0 saturated carbocycles. The first-order chi connectivity index (χ1) is 32.1. The van der Waals surface area contributed by atoms with Gasteiger partial charge in [0.05, 0.1) is 26.3 Å². The Morgan fingerprint density at radius 2 is 1.24 bits per heavy atom. The summed E-state index contributed by atoms with van der Waals surface area (Å²) in [6, 6.07) is 23.6. The lowest BCUT2D eigenvalue weighted by molar-refractivity contribution is -0.135. The summed E-state index contributed by atoms with van der Waals surface area (Å²) in [4.78, 5) is 69.5. The Hall–Kier alpha value is -6.84. The van der Waals surface area contributed by atoms with Crippen LogP contribution >= 0.6 is 23.2 Å². The van der Waals surface area contributed by atoms with Gasteiger partial charge in [0.25, 0.3) is 5.91 Å². The van der Waals surface area contributed by atoms with Crippen LogP contribution in [0.15, 0.2) is 95.1 Å². The minimum absolute atomic E-state index is 0.242. The van der Waals surface area contributed by atoms with Gasteiger partial charge >= 0.3 is 12.2 Å². The predicted molar refractivity (Wildman–Crippen MR) is 246 cm³/mol. The largest absolute Gasteiger partial charge is 0.488 e. The highest BCUT2D eigenvalue weighted by atomic mass is 35.5. The highest BCUT2D eigenvalue weighted by Gasteiger charge is 2.41. The molecule has 10 rings (SSSR count). The summed E-state index contributed by atoms with van der Waals surface area (Å²) in [5, 5.41) is 6.11. The molecule has 1 aromatic heterocycles. The molecule has 2 saturated heterocycles. The molecule has 0 bridgehead atoms. The van der Waals surface area contributed by atoms with Gasteiger partial charge < -0.3 is 44.4 Å². The molecule has 338 valence electrons. The summed E-state index contributed by atoms with van der Waals surface area (Å²) in [5.74, 6) is 1.40. The smallest absolute Gasteiger partial charge is 0.407 e. The van der Waals surface area contributed by atoms with Crippen molar-refractivity contribution in [2.24, 2.45) is 4.99 Å². The number of nitrogens with one attached hydrogen (secondary N) is 3. The fourth-order valence-corrected chi connectivity index (χ4v) is 10.4. The number of rotatable bonds is 10. The number of aromatic nitrogens is 2. The van der Waals surface area contributed by atoms with Crippen LogP contribution in [-0.4, -0.2) is 82.8 Å². The molecule has 17 heteroatoms. The van der Waals surface area contributed by atoms with E-state index in [4.69, 9.17) is 52.1 Å². The summed E-state index contributed by atoms with van der Waals surface area (Å²) >= 11 is 13.8. The zero-order chi connectivity index (χ0) is 45.6. The lowest BCUT2D eigenvalue weighted by Gasteiger charge is -2.31. The summed E-state index contributed by atoms with van der Waals surface area (Å²) in [6.07, 6.45) is 1.93. The number of likely N-dealkylation sites (tertiary alicyclic amines) is 2. The van der Waals surface area contributed by atoms with E-state index in [1.165, 1.54) is 14.2 Å². The standard InChI is InChI=1S/C49H45Cl2N7O8/c1-63-48(61)54-41(26-11-5-3-6-12-26)46(59)57-17-9-15-34(57)33-23-32(43(50)52-33)28-19-30-24-66-37-22-29(20-31-25-65-36(21-28)38(30)39(31)37)40-44(51)56-45(53-40)35-16-10-18-58(35)47(60)42(55-49(62)64-2)27-13-7-4-8-14-27/h3-8,11-14,19-22,34-35,41-42H,9-10,15-18,23-25H2,1-2H3,(H,53,56)(H,54,61)(H,55,62)/t34-,35-,41-,42-/m0/s1. The third kappa shape index (κ3) is 7.89. The summed E-state index contributed by atoms with van der Waals surface area (Å²) in [5.41, 5.74) is 8.75. The maximum absolute atomic E-state index is 14.1. The van der Waals surface area contributed by atoms with Crippen LogP contribution in [0.2, 0.25) is 5.15 Å². The minimum Gasteiger partial charge on any atom is -0.488 e. The van der Waals surface area contributed by atoms with Crippen molar-refractivity contribution in [2.75, 3.05) is 27.3 Å². The Kier molecular flexibility index (Phi) is 11.7. The van der Waals surface area contributed by atoms with Gasteiger partial charge in [-0.3, -0.25) is 9.59 Å². The van der Waals surface area contributed by atoms with Crippen LogP contribution in [0.5, 0.6) is 11.5 Å². The Labute approximate surface area is 390 Å². The normalized spacial score (nSPS) is 19.0. The number of nitrogens with zero attached hydrogens (tertiary/aromatic N) is 4. The highest BCUT2D eigenvalue weighted by molar-refractivity contribution is 6.35. The van der Waals surface area contributed by atoms with Crippen LogP contribution in [0.4, 0.5) is 9.59 Å². The van der Waals surface area contributed by atoms with Crippen molar-refractivity contribution in [3.05, 3.63) is 129 Å². The van der Waals surface area contributed by atoms with E-state index in [0.29, 0.717) is 76.8 Å². The van der Waals surface area contributed by atoms with Gasteiger partial charge in [0.15, 0.2) is 0 Å². The number of carbonyl (C=O) groups excluding carboxylic acids is 4. The molecule has 0 aliphatic carbocycles. The van der Waals surface area contributed by atoms with Crippen molar-refractivity contribution >= 4 is 58.5 Å². The van der Waals surface area contributed by atoms with Crippen molar-refractivity contribution in [3.8, 4) is 33.9 Å². The molecule has 5 aliphatic rings. The second-order valence-electron chi connectivity index (χ2n) is 16.8. The first kappa shape index (κ1) is 43.1. The van der Waals surface area contributed by atoms with Crippen molar-refractivity contribution in [3.63, 3.8) is 0 Å². The zero-order valence-electron chi connectivity index (χ0n) is 36.1. The molecule has 0 unspecified atom stereocenters. The molecule has 4 amide bonds. The number of allylic oxidation sites excluding steroid dienone is 1. The lowest BCUT2D eigenvalue weighted by atomic mass is 9.86. The molecule has 66 heavy (non-hydrogen) atoms. The molecule has 4 atom stereocenters. The predicted octanol–water partition coefficient (Wildman–Crippen LogP) is 8.78. The second-order valence-corrected chi connectivity index (χ2v) is 17.5. The number of amides is 4. The summed E-state index contributed by atoms with van der Waals surface area (Å²) in [7, 11) is 2.53. The number of benzene rings is 4. The van der Waals surface area contributed by atoms with Gasteiger partial charge in [-0.1, -0.05) is 83.9 Å². The lowest BCUT2D eigenvalue weighted by Crippen LogP contribution is -2.47. The van der Waals surface area contributed by atoms with E-state index in [1.54, 1.807) is 34.1 Å². The number of hydrogen-bond donors (Lipinski definition) is 3. The minimum atomic E-state index is -0.950. The molecule has 15 nitrogen and oxygen atoms in total. The van der Waals surface area contributed by atoms with Crippen molar-refractivity contribution in [1.82, 2.24) is 30.4 Å². The molecule has 0 spiro atoms. The summed E-state index contributed by atoms with van der Waals surface area (Å²) in [6.45, 7) is 1.53. The molecule has 4 aromatic carbocycles. The average molecular weight is 931 g/mol. The maximum Gasteiger partial charge on any atom is 0.407 e. The molecule has 6 heterocycles. The van der Waals surface area contributed by atoms with E-state index in [0.717, 1.165) is 57.5 Å². The van der Waals surface area contributed by atoms with Gasteiger partial charge in [0.2, 0.25) is 5.91 Å². The van der Waals surface area contributed by atoms with E-state index in [2.05, 4.69) is 21.7 Å². The summed E-state index contributed by atoms with van der Waals surface area (Å²) < 4.78 is 22.7. The first-order valence-corrected chi connectivity index (χ1v) is 22.6. The van der Waals surface area contributed by atoms with Crippen molar-refractivity contribution in [2.45, 2.75) is 69.5 Å². The first-order valence-electron chi connectivity index (χ1n) is 21.8. The number of H-pyrrole nitrogens is 1. The van der Waals surface area contributed by atoms with Crippen LogP contribution in [-0.2, 0) is 32.3 Å². The SMILES string of the molecule is COC(=O)N[C@H](C(=O)N1CCC[C@H]1C1=NC(Cl)=C(c2cc3c4c(c2)OCc2cc(-c5nc([C@@H]6CCCN6C(=O)[C@@H](NC(=O)OC)c6ccccc6)[nH]c5Cl)cc(c2-4)OC3)C1)c1ccccc1. The highest BCUT2D eigenvalue weighted by Crippen LogP contribution is 2.52. The number of carbonyl (C=O) groups is 4. The molecule has 3 N–H and O–H groups in total. The Morgan fingerprint density at radius 1 is 0.727 bits per heavy atom. The second kappa shape index (κ2) is 17.9. The number of ether oxygens (including phenoxy) is 4. The average Bonchev–Trinajstić information content (AvgIpc) is 4.18. The van der Waals surface area contributed by atoms with Gasteiger partial charge in [0.1, 0.15) is 58.6 Å². The number of alkyl carbamates (subject to hydrolysis) is 2. The third-order valence-electron chi connectivity index (χ3n) is 13.0. The fourth-order valence-electron chi connectivity index (χ4n) is 9.85.